The third kappa shape index (κ3) is 6.98. The Balaban J connectivity index is 2.43. The van der Waals surface area contributed by atoms with Gasteiger partial charge in [-0.3, -0.25) is 4.90 Å². The molecular formula is C13H25N3O2S. The molecule has 0 aliphatic heterocycles. The summed E-state index contributed by atoms with van der Waals surface area (Å²) >= 11 is 1.71. The number of nitrogens with one attached hydrogen (secondary N) is 1. The van der Waals surface area contributed by atoms with Crippen molar-refractivity contribution in [3.05, 3.63) is 16.1 Å². The molecule has 0 radical (unpaired) electrons. The average Bonchev–Trinajstić information content (AvgIpc) is 2.84. The number of thiazole rings is 1. The van der Waals surface area contributed by atoms with Crippen LogP contribution in [0.5, 0.6) is 0 Å². The summed E-state index contributed by atoms with van der Waals surface area (Å²) in [6, 6.07) is 0. The standard InChI is InChI=1S/C13H25N3O2S/c1-14-9-13-15-12(11-19-13)10-16(6-8-18-3)5-4-7-17-2/h11,14H,4-10H2,1-3H3. The molecule has 0 unspecified atom stereocenters. The third-order valence-electron chi connectivity index (χ3n) is 2.75. The Hall–Kier alpha value is -0.530. The zero-order valence-electron chi connectivity index (χ0n) is 12.1. The van der Waals surface area contributed by atoms with Crippen molar-refractivity contribution < 1.29 is 9.47 Å². The van der Waals surface area contributed by atoms with Crippen molar-refractivity contribution in [1.29, 1.82) is 0 Å². The second-order valence-corrected chi connectivity index (χ2v) is 5.32. The number of hydrogen-bond acceptors (Lipinski definition) is 6. The highest BCUT2D eigenvalue weighted by Crippen LogP contribution is 2.12. The highest BCUT2D eigenvalue weighted by molar-refractivity contribution is 7.09. The van der Waals surface area contributed by atoms with Crippen molar-refractivity contribution in [2.45, 2.75) is 19.5 Å². The first kappa shape index (κ1) is 16.5. The summed E-state index contributed by atoms with van der Waals surface area (Å²) in [5, 5.41) is 6.41. The number of methoxy groups -OCH3 is 2. The molecule has 1 aromatic rings. The minimum absolute atomic E-state index is 0.750. The molecule has 1 rings (SSSR count). The number of nitrogens with zero attached hydrogens (tertiary/aromatic N) is 2. The predicted molar refractivity (Wildman–Crippen MR) is 78.5 cm³/mol. The monoisotopic (exact) mass is 287 g/mol. The predicted octanol–water partition coefficient (Wildman–Crippen LogP) is 1.35. The van der Waals surface area contributed by atoms with Crippen molar-refractivity contribution in [2.24, 2.45) is 0 Å². The molecular weight excluding hydrogens is 262 g/mol. The van der Waals surface area contributed by atoms with Gasteiger partial charge in [0.15, 0.2) is 0 Å². The molecule has 0 aliphatic carbocycles. The number of aromatic nitrogens is 1. The molecule has 0 atom stereocenters. The smallest absolute Gasteiger partial charge is 0.107 e. The molecule has 1 heterocycles. The molecule has 0 spiro atoms. The van der Waals surface area contributed by atoms with Crippen LogP contribution in [0, 0.1) is 0 Å². The molecule has 6 heteroatoms. The second-order valence-electron chi connectivity index (χ2n) is 4.38. The van der Waals surface area contributed by atoms with E-state index in [9.17, 15) is 0 Å². The minimum Gasteiger partial charge on any atom is -0.385 e. The summed E-state index contributed by atoms with van der Waals surface area (Å²) in [5.41, 5.74) is 1.14. The van der Waals surface area contributed by atoms with Gasteiger partial charge in [-0.25, -0.2) is 4.98 Å². The topological polar surface area (TPSA) is 46.6 Å². The highest BCUT2D eigenvalue weighted by atomic mass is 32.1. The van der Waals surface area contributed by atoms with Crippen LogP contribution in [0.1, 0.15) is 17.1 Å². The summed E-state index contributed by atoms with van der Waals surface area (Å²) < 4.78 is 10.3. The lowest BCUT2D eigenvalue weighted by atomic mass is 10.3. The summed E-state index contributed by atoms with van der Waals surface area (Å²) in [6.07, 6.45) is 1.04. The normalized spacial score (nSPS) is 11.4. The highest BCUT2D eigenvalue weighted by Gasteiger charge is 2.08. The molecule has 0 aliphatic rings. The Bertz CT molecular complexity index is 333. The molecule has 110 valence electrons. The molecule has 1 N–H and O–H groups in total. The van der Waals surface area contributed by atoms with Crippen LogP contribution in [0.4, 0.5) is 0 Å². The molecule has 0 saturated heterocycles. The average molecular weight is 287 g/mol. The number of hydrogen-bond donors (Lipinski definition) is 1. The van der Waals surface area contributed by atoms with E-state index in [1.165, 1.54) is 0 Å². The van der Waals surface area contributed by atoms with Gasteiger partial charge in [-0.15, -0.1) is 11.3 Å². The Kier molecular flexibility index (Phi) is 8.94. The number of rotatable bonds is 11. The van der Waals surface area contributed by atoms with Crippen molar-refractivity contribution in [3.63, 3.8) is 0 Å². The van der Waals surface area contributed by atoms with Gasteiger partial charge in [0.25, 0.3) is 0 Å². The maximum absolute atomic E-state index is 5.16. The van der Waals surface area contributed by atoms with Crippen molar-refractivity contribution in [2.75, 3.05) is 47.6 Å². The number of ether oxygens (including phenoxy) is 2. The van der Waals surface area contributed by atoms with Crippen molar-refractivity contribution >= 4 is 11.3 Å². The van der Waals surface area contributed by atoms with Gasteiger partial charge in [0.2, 0.25) is 0 Å². The molecule has 0 fully saturated rings. The zero-order valence-corrected chi connectivity index (χ0v) is 13.0. The van der Waals surface area contributed by atoms with Gasteiger partial charge >= 0.3 is 0 Å². The van der Waals surface area contributed by atoms with E-state index in [4.69, 9.17) is 9.47 Å². The maximum Gasteiger partial charge on any atom is 0.107 e. The fraction of sp³-hybridized carbons (Fsp3) is 0.769. The summed E-state index contributed by atoms with van der Waals surface area (Å²) in [5.74, 6) is 0. The van der Waals surface area contributed by atoms with Crippen LogP contribution in [0.2, 0.25) is 0 Å². The fourth-order valence-electron chi connectivity index (χ4n) is 1.81. The van der Waals surface area contributed by atoms with E-state index in [-0.39, 0.29) is 0 Å². The van der Waals surface area contributed by atoms with Crippen LogP contribution >= 0.6 is 11.3 Å². The van der Waals surface area contributed by atoms with Crippen LogP contribution in [-0.4, -0.2) is 57.5 Å². The fourth-order valence-corrected chi connectivity index (χ4v) is 2.60. The molecule has 5 nitrogen and oxygen atoms in total. The Morgan fingerprint density at radius 2 is 2.05 bits per heavy atom. The SMILES string of the molecule is CNCc1nc(CN(CCCOC)CCOC)cs1. The van der Waals surface area contributed by atoms with Crippen molar-refractivity contribution in [3.8, 4) is 0 Å². The lowest BCUT2D eigenvalue weighted by Crippen LogP contribution is -2.29. The first-order chi connectivity index (χ1) is 9.30. The minimum atomic E-state index is 0.750. The molecule has 0 amide bonds. The van der Waals surface area contributed by atoms with Gasteiger partial charge in [-0.05, 0) is 13.5 Å². The summed E-state index contributed by atoms with van der Waals surface area (Å²) in [6.45, 7) is 5.21. The lowest BCUT2D eigenvalue weighted by Gasteiger charge is -2.20. The molecule has 19 heavy (non-hydrogen) atoms. The first-order valence-corrected chi connectivity index (χ1v) is 7.46. The Morgan fingerprint density at radius 1 is 1.26 bits per heavy atom. The van der Waals surface area contributed by atoms with E-state index in [1.54, 1.807) is 25.6 Å². The van der Waals surface area contributed by atoms with E-state index in [1.807, 2.05) is 7.05 Å². The zero-order chi connectivity index (χ0) is 13.9. The van der Waals surface area contributed by atoms with E-state index in [0.717, 1.165) is 56.5 Å². The van der Waals surface area contributed by atoms with Crippen LogP contribution in [0.3, 0.4) is 0 Å². The lowest BCUT2D eigenvalue weighted by molar-refractivity contribution is 0.128. The van der Waals surface area contributed by atoms with Crippen LogP contribution < -0.4 is 5.32 Å². The first-order valence-electron chi connectivity index (χ1n) is 6.58. The summed E-state index contributed by atoms with van der Waals surface area (Å²) in [4.78, 5) is 6.98. The largest absolute Gasteiger partial charge is 0.385 e. The van der Waals surface area contributed by atoms with Crippen molar-refractivity contribution in [1.82, 2.24) is 15.2 Å². The van der Waals surface area contributed by atoms with Gasteiger partial charge in [-0.2, -0.15) is 0 Å². The van der Waals surface area contributed by atoms with Crippen LogP contribution in [0.15, 0.2) is 5.38 Å². The maximum atomic E-state index is 5.16. The van der Waals surface area contributed by atoms with Crippen LogP contribution in [-0.2, 0) is 22.6 Å². The molecule has 0 aromatic carbocycles. The molecule has 0 saturated carbocycles. The van der Waals surface area contributed by atoms with Crippen LogP contribution in [0.25, 0.3) is 0 Å². The van der Waals surface area contributed by atoms with Gasteiger partial charge in [0.05, 0.1) is 12.3 Å². The van der Waals surface area contributed by atoms with Gasteiger partial charge < -0.3 is 14.8 Å². The van der Waals surface area contributed by atoms with E-state index < -0.39 is 0 Å². The molecule has 1 aromatic heterocycles. The quantitative estimate of drug-likeness (QED) is 0.623. The Morgan fingerprint density at radius 3 is 2.74 bits per heavy atom. The van der Waals surface area contributed by atoms with E-state index in [0.29, 0.717) is 0 Å². The Labute approximate surface area is 119 Å². The van der Waals surface area contributed by atoms with Gasteiger partial charge in [0.1, 0.15) is 5.01 Å². The van der Waals surface area contributed by atoms with E-state index in [2.05, 4.69) is 20.6 Å². The third-order valence-corrected chi connectivity index (χ3v) is 3.64. The summed E-state index contributed by atoms with van der Waals surface area (Å²) in [7, 11) is 5.42. The van der Waals surface area contributed by atoms with Gasteiger partial charge in [0, 0.05) is 52.4 Å². The second kappa shape index (κ2) is 10.3. The van der Waals surface area contributed by atoms with Gasteiger partial charge in [-0.1, -0.05) is 0 Å². The van der Waals surface area contributed by atoms with E-state index >= 15 is 0 Å². The molecule has 0 bridgehead atoms.